The van der Waals surface area contributed by atoms with Crippen molar-refractivity contribution in [2.75, 3.05) is 13.2 Å². The summed E-state index contributed by atoms with van der Waals surface area (Å²) in [6.45, 7) is 6.47. The molecule has 0 aliphatic carbocycles. The van der Waals surface area contributed by atoms with E-state index in [9.17, 15) is 14.4 Å². The smallest absolute Gasteiger partial charge is 0.306 e. The van der Waals surface area contributed by atoms with Gasteiger partial charge in [0.2, 0.25) is 0 Å². The Kier molecular flexibility index (Phi) is 58.8. The van der Waals surface area contributed by atoms with Gasteiger partial charge in [-0.2, -0.15) is 0 Å². The Hall–Kier alpha value is -3.67. The highest BCUT2D eigenvalue weighted by Gasteiger charge is 2.19. The van der Waals surface area contributed by atoms with Crippen LogP contribution < -0.4 is 0 Å². The summed E-state index contributed by atoms with van der Waals surface area (Å²) in [4.78, 5) is 38.1. The molecule has 0 bridgehead atoms. The van der Waals surface area contributed by atoms with Crippen LogP contribution in [0.3, 0.4) is 0 Å². The third-order valence-electron chi connectivity index (χ3n) is 13.3. The zero-order valence-electron chi connectivity index (χ0n) is 48.6. The van der Waals surface area contributed by atoms with Crippen LogP contribution in [0.15, 0.2) is 97.2 Å². The van der Waals surface area contributed by atoms with Crippen molar-refractivity contribution in [2.45, 2.75) is 303 Å². The summed E-state index contributed by atoms with van der Waals surface area (Å²) in [5, 5.41) is 0. The number of ether oxygens (including phenoxy) is 3. The van der Waals surface area contributed by atoms with Crippen LogP contribution in [0.5, 0.6) is 0 Å². The summed E-state index contributed by atoms with van der Waals surface area (Å²) in [7, 11) is 0. The molecule has 0 fully saturated rings. The Balaban J connectivity index is 4.10. The fourth-order valence-electron chi connectivity index (χ4n) is 8.64. The molecule has 424 valence electrons. The summed E-state index contributed by atoms with van der Waals surface area (Å²) in [6.07, 6.45) is 82.9. The zero-order chi connectivity index (χ0) is 53.6. The highest BCUT2D eigenvalue weighted by Crippen LogP contribution is 2.16. The van der Waals surface area contributed by atoms with Gasteiger partial charge in [0.1, 0.15) is 13.2 Å². The molecule has 1 atom stereocenters. The maximum atomic E-state index is 12.8. The van der Waals surface area contributed by atoms with Gasteiger partial charge in [0.25, 0.3) is 0 Å². The first-order chi connectivity index (χ1) is 36.5. The summed E-state index contributed by atoms with van der Waals surface area (Å²) >= 11 is 0. The average molecular weight is 1030 g/mol. The van der Waals surface area contributed by atoms with E-state index in [1.807, 2.05) is 0 Å². The van der Waals surface area contributed by atoms with E-state index in [1.54, 1.807) is 0 Å². The average Bonchev–Trinajstić information content (AvgIpc) is 3.40. The molecule has 0 aromatic heterocycles. The van der Waals surface area contributed by atoms with Gasteiger partial charge in [-0.25, -0.2) is 0 Å². The Morgan fingerprint density at radius 1 is 0.284 bits per heavy atom. The van der Waals surface area contributed by atoms with Gasteiger partial charge >= 0.3 is 17.9 Å². The molecule has 0 heterocycles. The molecular weight excluding hydrogens is 913 g/mol. The number of unbranched alkanes of at least 4 members (excludes halogenated alkanes) is 29. The molecule has 74 heavy (non-hydrogen) atoms. The van der Waals surface area contributed by atoms with Gasteiger partial charge in [-0.3, -0.25) is 14.4 Å². The number of esters is 3. The van der Waals surface area contributed by atoms with E-state index in [-0.39, 0.29) is 31.1 Å². The first kappa shape index (κ1) is 70.3. The fourth-order valence-corrected chi connectivity index (χ4v) is 8.64. The van der Waals surface area contributed by atoms with Crippen LogP contribution in [0.1, 0.15) is 297 Å². The SMILES string of the molecule is CC/C=C\C/C=C\C/C=C\C/C=C\C/C=C\C/C=C\CCCCCCCCCCCCCCCCC(=O)OCC(COC(=O)CCCCCCCCCCC)OC(=O)CCCCCCC/C=C\C/C=C\CCCC. The van der Waals surface area contributed by atoms with Crippen molar-refractivity contribution in [3.8, 4) is 0 Å². The molecule has 0 aromatic rings. The predicted octanol–water partition coefficient (Wildman–Crippen LogP) is 21.3. The molecule has 0 saturated heterocycles. The minimum Gasteiger partial charge on any atom is -0.462 e. The maximum Gasteiger partial charge on any atom is 0.306 e. The monoisotopic (exact) mass is 1030 g/mol. The van der Waals surface area contributed by atoms with Gasteiger partial charge in [0.05, 0.1) is 0 Å². The Labute approximate surface area is 457 Å². The van der Waals surface area contributed by atoms with E-state index in [4.69, 9.17) is 14.2 Å². The van der Waals surface area contributed by atoms with Crippen LogP contribution in [0, 0.1) is 0 Å². The third-order valence-corrected chi connectivity index (χ3v) is 13.3. The van der Waals surface area contributed by atoms with Gasteiger partial charge in [-0.15, -0.1) is 0 Å². The van der Waals surface area contributed by atoms with Crippen LogP contribution in [0.2, 0.25) is 0 Å². The molecule has 0 aliphatic rings. The quantitative estimate of drug-likeness (QED) is 0.0261. The second kappa shape index (κ2) is 61.9. The van der Waals surface area contributed by atoms with Gasteiger partial charge < -0.3 is 14.2 Å². The van der Waals surface area contributed by atoms with Crippen LogP contribution in [0.4, 0.5) is 0 Å². The lowest BCUT2D eigenvalue weighted by Crippen LogP contribution is -2.30. The van der Waals surface area contributed by atoms with E-state index in [2.05, 4.69) is 118 Å². The number of hydrogen-bond acceptors (Lipinski definition) is 6. The summed E-state index contributed by atoms with van der Waals surface area (Å²) in [6, 6.07) is 0. The van der Waals surface area contributed by atoms with Gasteiger partial charge in [-0.05, 0) is 96.3 Å². The molecule has 0 saturated carbocycles. The number of carbonyl (C=O) groups excluding carboxylic acids is 3. The summed E-state index contributed by atoms with van der Waals surface area (Å²) in [5.41, 5.74) is 0. The van der Waals surface area contributed by atoms with Crippen LogP contribution in [-0.4, -0.2) is 37.2 Å². The molecule has 0 radical (unpaired) electrons. The predicted molar refractivity (Wildman–Crippen MR) is 320 cm³/mol. The van der Waals surface area contributed by atoms with Crippen molar-refractivity contribution in [3.05, 3.63) is 97.2 Å². The lowest BCUT2D eigenvalue weighted by molar-refractivity contribution is -0.167. The maximum absolute atomic E-state index is 12.8. The second-order valence-corrected chi connectivity index (χ2v) is 20.6. The standard InChI is InChI=1S/C68H116O6/c1-4-7-10-13-16-19-21-23-25-26-27-28-29-30-31-32-33-34-35-36-37-38-39-40-41-42-43-45-46-49-52-55-58-61-67(70)73-64-65(63-72-66(69)60-57-54-51-48-18-15-12-9-6-3)74-68(71)62-59-56-53-50-47-44-24-22-20-17-14-11-8-5-2/h7,10,14,16-17,19,22-25,27-28,30-31,33-34,65H,4-6,8-9,11-13,15,18,20-21,26,29,32,35-64H2,1-3H3/b10-7-,17-14-,19-16-,24-22-,25-23-,28-27-,31-30-,34-33-. The first-order valence-electron chi connectivity index (χ1n) is 31.2. The number of hydrogen-bond donors (Lipinski definition) is 0. The highest BCUT2D eigenvalue weighted by molar-refractivity contribution is 5.71. The van der Waals surface area contributed by atoms with Crippen molar-refractivity contribution >= 4 is 17.9 Å². The Morgan fingerprint density at radius 2 is 0.541 bits per heavy atom. The minimum absolute atomic E-state index is 0.0797. The topological polar surface area (TPSA) is 78.9 Å². The largest absolute Gasteiger partial charge is 0.462 e. The van der Waals surface area contributed by atoms with Crippen molar-refractivity contribution in [3.63, 3.8) is 0 Å². The number of allylic oxidation sites excluding steroid dienone is 16. The van der Waals surface area contributed by atoms with E-state index in [1.165, 1.54) is 135 Å². The number of carbonyl (C=O) groups is 3. The summed E-state index contributed by atoms with van der Waals surface area (Å²) in [5.74, 6) is -0.890. The molecule has 0 aliphatic heterocycles. The van der Waals surface area contributed by atoms with Crippen LogP contribution in [0.25, 0.3) is 0 Å². The van der Waals surface area contributed by atoms with E-state index in [0.717, 1.165) is 122 Å². The van der Waals surface area contributed by atoms with Gasteiger partial charge in [0, 0.05) is 19.3 Å². The minimum atomic E-state index is -0.781. The molecule has 6 nitrogen and oxygen atoms in total. The zero-order valence-corrected chi connectivity index (χ0v) is 48.6. The van der Waals surface area contributed by atoms with E-state index < -0.39 is 6.10 Å². The summed E-state index contributed by atoms with van der Waals surface area (Å²) < 4.78 is 16.8. The molecule has 0 rings (SSSR count). The van der Waals surface area contributed by atoms with Crippen LogP contribution >= 0.6 is 0 Å². The lowest BCUT2D eigenvalue weighted by Gasteiger charge is -2.18. The lowest BCUT2D eigenvalue weighted by atomic mass is 10.0. The Morgan fingerprint density at radius 3 is 0.865 bits per heavy atom. The second-order valence-electron chi connectivity index (χ2n) is 20.6. The molecule has 0 amide bonds. The molecule has 1 unspecified atom stereocenters. The van der Waals surface area contributed by atoms with E-state index >= 15 is 0 Å². The molecule has 0 aromatic carbocycles. The molecular formula is C68H116O6. The normalized spacial score (nSPS) is 12.7. The highest BCUT2D eigenvalue weighted by atomic mass is 16.6. The molecule has 0 N–H and O–H groups in total. The molecule has 6 heteroatoms. The van der Waals surface area contributed by atoms with Crippen molar-refractivity contribution in [1.82, 2.24) is 0 Å². The van der Waals surface area contributed by atoms with Gasteiger partial charge in [0.15, 0.2) is 6.10 Å². The first-order valence-corrected chi connectivity index (χ1v) is 31.2. The van der Waals surface area contributed by atoms with Crippen LogP contribution in [-0.2, 0) is 28.6 Å². The Bertz CT molecular complexity index is 1460. The van der Waals surface area contributed by atoms with Crippen molar-refractivity contribution in [1.29, 1.82) is 0 Å². The third kappa shape index (κ3) is 59.2. The van der Waals surface area contributed by atoms with Gasteiger partial charge in [-0.1, -0.05) is 279 Å². The number of rotatable bonds is 56. The van der Waals surface area contributed by atoms with Crippen molar-refractivity contribution in [2.24, 2.45) is 0 Å². The van der Waals surface area contributed by atoms with E-state index in [0.29, 0.717) is 19.3 Å². The fraction of sp³-hybridized carbons (Fsp3) is 0.721. The molecule has 0 spiro atoms. The van der Waals surface area contributed by atoms with Crippen molar-refractivity contribution < 1.29 is 28.6 Å².